The molecule has 21 heavy (non-hydrogen) atoms. The van der Waals surface area contributed by atoms with E-state index < -0.39 is 0 Å². The molecule has 2 N–H and O–H groups in total. The van der Waals surface area contributed by atoms with Crippen LogP contribution >= 0.6 is 15.9 Å². The maximum atomic E-state index is 12.1. The minimum atomic E-state index is -0.268. The first kappa shape index (κ1) is 14.2. The number of methoxy groups -OCH3 is 1. The molecule has 1 aromatic carbocycles. The lowest BCUT2D eigenvalue weighted by atomic mass is 10.2. The van der Waals surface area contributed by atoms with Gasteiger partial charge in [0.25, 0.3) is 5.56 Å². The van der Waals surface area contributed by atoms with E-state index in [1.165, 1.54) is 0 Å². The summed E-state index contributed by atoms with van der Waals surface area (Å²) in [4.78, 5) is 19.3. The minimum Gasteiger partial charge on any atom is -0.449 e. The molecule has 0 aliphatic heterocycles. The molecule has 2 heterocycles. The first-order chi connectivity index (χ1) is 10.2. The molecule has 0 unspecified atom stereocenters. The molecule has 110 valence electrons. The molecule has 0 spiro atoms. The van der Waals surface area contributed by atoms with Crippen molar-refractivity contribution in [3.8, 4) is 0 Å². The van der Waals surface area contributed by atoms with E-state index in [4.69, 9.17) is 9.15 Å². The normalized spacial score (nSPS) is 11.5. The molecule has 3 rings (SSSR count). The van der Waals surface area contributed by atoms with Gasteiger partial charge in [0.1, 0.15) is 16.9 Å². The number of aromatic nitrogens is 2. The van der Waals surface area contributed by atoms with Gasteiger partial charge < -0.3 is 19.5 Å². The topological polar surface area (TPSA) is 80.2 Å². The third-order valence-electron chi connectivity index (χ3n) is 3.11. The first-order valence-electron chi connectivity index (χ1n) is 6.49. The Hall–Kier alpha value is -1.70. The van der Waals surface area contributed by atoms with Crippen molar-refractivity contribution in [3.63, 3.8) is 0 Å². The monoisotopic (exact) mass is 351 g/mol. The van der Waals surface area contributed by atoms with Gasteiger partial charge >= 0.3 is 0 Å². The van der Waals surface area contributed by atoms with Crippen LogP contribution in [0, 0.1) is 0 Å². The van der Waals surface area contributed by atoms with Crippen LogP contribution in [0.15, 0.2) is 31.9 Å². The van der Waals surface area contributed by atoms with Gasteiger partial charge in [-0.15, -0.1) is 0 Å². The number of benzene rings is 1. The van der Waals surface area contributed by atoms with Crippen molar-refractivity contribution in [2.45, 2.75) is 6.54 Å². The number of nitrogens with one attached hydrogen (secondary N) is 2. The molecule has 2 aromatic heterocycles. The lowest BCUT2D eigenvalue weighted by molar-refractivity contribution is 0.199. The van der Waals surface area contributed by atoms with Crippen LogP contribution in [0.5, 0.6) is 0 Å². The minimum absolute atomic E-state index is 0.253. The Labute approximate surface area is 128 Å². The Kier molecular flexibility index (Phi) is 4.05. The number of ether oxygens (including phenoxy) is 1. The van der Waals surface area contributed by atoms with Gasteiger partial charge in [0.15, 0.2) is 0 Å². The zero-order valence-corrected chi connectivity index (χ0v) is 13.0. The summed E-state index contributed by atoms with van der Waals surface area (Å²) in [7, 11) is 1.64. The summed E-state index contributed by atoms with van der Waals surface area (Å²) in [6.07, 6.45) is 0. The summed E-state index contributed by atoms with van der Waals surface area (Å²) in [6, 6.07) is 5.58. The van der Waals surface area contributed by atoms with Gasteiger partial charge in [-0.05, 0) is 18.2 Å². The van der Waals surface area contributed by atoms with Gasteiger partial charge in [0.2, 0.25) is 5.58 Å². The fourth-order valence-electron chi connectivity index (χ4n) is 2.14. The number of H-pyrrole nitrogens is 1. The smallest absolute Gasteiger partial charge is 0.294 e. The van der Waals surface area contributed by atoms with Crippen LogP contribution in [-0.4, -0.2) is 30.2 Å². The van der Waals surface area contributed by atoms with Crippen LogP contribution in [0.1, 0.15) is 5.82 Å². The first-order valence-corrected chi connectivity index (χ1v) is 7.29. The fourth-order valence-corrected chi connectivity index (χ4v) is 2.50. The van der Waals surface area contributed by atoms with E-state index in [2.05, 4.69) is 31.2 Å². The summed E-state index contributed by atoms with van der Waals surface area (Å²) in [5.41, 5.74) is 1.22. The molecule has 0 radical (unpaired) electrons. The second-order valence-corrected chi connectivity index (χ2v) is 5.52. The standard InChI is InChI=1S/C14H14BrN3O3/c1-20-5-4-16-7-11-17-12-9-6-8(15)2-3-10(9)21-13(12)14(19)18-11/h2-3,6,16H,4-5,7H2,1H3,(H,17,18,19). The molecular weight excluding hydrogens is 338 g/mol. The fraction of sp³-hybridized carbons (Fsp3) is 0.286. The number of fused-ring (bicyclic) bond motifs is 3. The average Bonchev–Trinajstić information content (AvgIpc) is 2.83. The molecule has 0 atom stereocenters. The highest BCUT2D eigenvalue weighted by molar-refractivity contribution is 9.10. The van der Waals surface area contributed by atoms with E-state index in [1.807, 2.05) is 18.2 Å². The van der Waals surface area contributed by atoms with Crippen LogP contribution in [0.3, 0.4) is 0 Å². The van der Waals surface area contributed by atoms with Crippen LogP contribution < -0.4 is 10.9 Å². The molecule has 6 nitrogen and oxygen atoms in total. The highest BCUT2D eigenvalue weighted by atomic mass is 79.9. The van der Waals surface area contributed by atoms with E-state index in [0.717, 1.165) is 9.86 Å². The summed E-state index contributed by atoms with van der Waals surface area (Å²) >= 11 is 3.42. The largest absolute Gasteiger partial charge is 0.449 e. The Morgan fingerprint density at radius 1 is 1.48 bits per heavy atom. The van der Waals surface area contributed by atoms with Crippen LogP contribution in [0.25, 0.3) is 22.1 Å². The van der Waals surface area contributed by atoms with Crippen molar-refractivity contribution in [3.05, 3.63) is 38.9 Å². The summed E-state index contributed by atoms with van der Waals surface area (Å²) in [6.45, 7) is 1.76. The lowest BCUT2D eigenvalue weighted by Crippen LogP contribution is -2.22. The van der Waals surface area contributed by atoms with Crippen LogP contribution in [0.4, 0.5) is 0 Å². The van der Waals surface area contributed by atoms with Gasteiger partial charge in [-0.3, -0.25) is 4.79 Å². The second kappa shape index (κ2) is 5.97. The third kappa shape index (κ3) is 2.85. The zero-order valence-electron chi connectivity index (χ0n) is 11.4. The molecule has 0 fully saturated rings. The van der Waals surface area contributed by atoms with Crippen molar-refractivity contribution in [2.75, 3.05) is 20.3 Å². The Balaban J connectivity index is 2.02. The summed E-state index contributed by atoms with van der Waals surface area (Å²) in [5.74, 6) is 0.575. The summed E-state index contributed by atoms with van der Waals surface area (Å²) < 4.78 is 11.4. The molecule has 0 bridgehead atoms. The Bertz CT molecular complexity index is 840. The average molecular weight is 352 g/mol. The maximum Gasteiger partial charge on any atom is 0.294 e. The molecule has 0 amide bonds. The number of halogens is 1. The van der Waals surface area contributed by atoms with Gasteiger partial charge in [0, 0.05) is 23.5 Å². The third-order valence-corrected chi connectivity index (χ3v) is 3.60. The number of hydrogen-bond acceptors (Lipinski definition) is 5. The van der Waals surface area contributed by atoms with E-state index in [0.29, 0.717) is 36.6 Å². The molecule has 0 aliphatic carbocycles. The summed E-state index contributed by atoms with van der Waals surface area (Å²) in [5, 5.41) is 3.97. The van der Waals surface area contributed by atoms with Crippen molar-refractivity contribution >= 4 is 38.0 Å². The number of furan rings is 1. The van der Waals surface area contributed by atoms with E-state index in [-0.39, 0.29) is 11.1 Å². The molecule has 7 heteroatoms. The zero-order chi connectivity index (χ0) is 14.8. The Morgan fingerprint density at radius 3 is 3.14 bits per heavy atom. The van der Waals surface area contributed by atoms with Gasteiger partial charge in [0.05, 0.1) is 13.2 Å². The van der Waals surface area contributed by atoms with Crippen LogP contribution in [0.2, 0.25) is 0 Å². The van der Waals surface area contributed by atoms with Gasteiger partial charge in [-0.2, -0.15) is 0 Å². The number of nitrogens with zero attached hydrogens (tertiary/aromatic N) is 1. The lowest BCUT2D eigenvalue weighted by Gasteiger charge is -2.03. The quantitative estimate of drug-likeness (QED) is 0.688. The highest BCUT2D eigenvalue weighted by Gasteiger charge is 2.13. The second-order valence-electron chi connectivity index (χ2n) is 4.60. The maximum absolute atomic E-state index is 12.1. The highest BCUT2D eigenvalue weighted by Crippen LogP contribution is 2.27. The predicted molar refractivity (Wildman–Crippen MR) is 83.4 cm³/mol. The van der Waals surface area contributed by atoms with Crippen molar-refractivity contribution in [1.82, 2.24) is 15.3 Å². The molecule has 3 aromatic rings. The van der Waals surface area contributed by atoms with E-state index in [1.54, 1.807) is 7.11 Å². The van der Waals surface area contributed by atoms with Gasteiger partial charge in [-0.25, -0.2) is 4.98 Å². The van der Waals surface area contributed by atoms with Gasteiger partial charge in [-0.1, -0.05) is 15.9 Å². The molecule has 0 saturated carbocycles. The number of aromatic amines is 1. The van der Waals surface area contributed by atoms with E-state index in [9.17, 15) is 4.79 Å². The van der Waals surface area contributed by atoms with Crippen molar-refractivity contribution in [1.29, 1.82) is 0 Å². The molecular formula is C14H14BrN3O3. The molecule has 0 aliphatic rings. The van der Waals surface area contributed by atoms with Crippen molar-refractivity contribution in [2.24, 2.45) is 0 Å². The Morgan fingerprint density at radius 2 is 2.33 bits per heavy atom. The number of rotatable bonds is 5. The SMILES string of the molecule is COCCNCc1nc2c(oc3ccc(Br)cc32)c(=O)[nH]1. The van der Waals surface area contributed by atoms with Crippen LogP contribution in [-0.2, 0) is 11.3 Å². The number of hydrogen-bond donors (Lipinski definition) is 2. The van der Waals surface area contributed by atoms with Crippen molar-refractivity contribution < 1.29 is 9.15 Å². The van der Waals surface area contributed by atoms with E-state index >= 15 is 0 Å². The molecule has 0 saturated heterocycles. The predicted octanol–water partition coefficient (Wildman–Crippen LogP) is 2.17.